The van der Waals surface area contributed by atoms with Gasteiger partial charge in [0.25, 0.3) is 0 Å². The van der Waals surface area contributed by atoms with Crippen molar-refractivity contribution in [3.05, 3.63) is 29.3 Å². The fraction of sp³-hybridized carbons (Fsp3) is 0.625. The van der Waals surface area contributed by atoms with Crippen molar-refractivity contribution < 1.29 is 9.47 Å². The quantitative estimate of drug-likeness (QED) is 0.907. The topological polar surface area (TPSA) is 30.5 Å². The predicted octanol–water partition coefficient (Wildman–Crippen LogP) is 2.84. The summed E-state index contributed by atoms with van der Waals surface area (Å²) < 4.78 is 12.3. The zero-order chi connectivity index (χ0) is 13.3. The molecular formula is C16H23NO2. The Labute approximate surface area is 115 Å². The highest BCUT2D eigenvalue weighted by atomic mass is 16.5. The highest BCUT2D eigenvalue weighted by Gasteiger charge is 2.43. The van der Waals surface area contributed by atoms with E-state index in [1.165, 1.54) is 11.1 Å². The highest BCUT2D eigenvalue weighted by molar-refractivity contribution is 5.41. The molecule has 1 saturated heterocycles. The maximum absolute atomic E-state index is 6.31. The first kappa shape index (κ1) is 12.9. The third kappa shape index (κ3) is 2.37. The molecule has 1 aromatic carbocycles. The van der Waals surface area contributed by atoms with Gasteiger partial charge in [-0.3, -0.25) is 0 Å². The van der Waals surface area contributed by atoms with E-state index in [1.54, 1.807) is 0 Å². The van der Waals surface area contributed by atoms with E-state index < -0.39 is 0 Å². The molecule has 2 atom stereocenters. The zero-order valence-corrected chi connectivity index (χ0v) is 11.9. The minimum Gasteiger partial charge on any atom is -0.485 e. The number of rotatable bonds is 3. The number of fused-ring (bicyclic) bond motifs is 1. The number of hydrogen-bond donors (Lipinski definition) is 1. The molecule has 104 valence electrons. The van der Waals surface area contributed by atoms with Gasteiger partial charge in [-0.15, -0.1) is 0 Å². The second kappa shape index (κ2) is 5.14. The lowest BCUT2D eigenvalue weighted by Crippen LogP contribution is -2.43. The number of ether oxygens (including phenoxy) is 2. The van der Waals surface area contributed by atoms with Crippen LogP contribution in [0.2, 0.25) is 0 Å². The van der Waals surface area contributed by atoms with Gasteiger partial charge in [0.05, 0.1) is 6.10 Å². The molecule has 2 unspecified atom stereocenters. The van der Waals surface area contributed by atoms with Crippen molar-refractivity contribution in [1.82, 2.24) is 5.32 Å². The normalized spacial score (nSPS) is 29.3. The summed E-state index contributed by atoms with van der Waals surface area (Å²) in [6.45, 7) is 6.98. The molecule has 0 radical (unpaired) electrons. The van der Waals surface area contributed by atoms with Crippen molar-refractivity contribution in [2.45, 2.75) is 44.8 Å². The van der Waals surface area contributed by atoms with Gasteiger partial charge in [0.1, 0.15) is 11.4 Å². The van der Waals surface area contributed by atoms with E-state index in [2.05, 4.69) is 37.4 Å². The number of nitrogens with one attached hydrogen (secondary N) is 1. The monoisotopic (exact) mass is 261 g/mol. The number of benzene rings is 1. The lowest BCUT2D eigenvalue weighted by molar-refractivity contribution is -0.0354. The Hall–Kier alpha value is -1.06. The summed E-state index contributed by atoms with van der Waals surface area (Å²) in [6.07, 6.45) is 3.28. The molecule has 3 heteroatoms. The molecule has 1 N–H and O–H groups in total. The van der Waals surface area contributed by atoms with Crippen LogP contribution >= 0.6 is 0 Å². The van der Waals surface area contributed by atoms with Gasteiger partial charge in [-0.1, -0.05) is 13.0 Å². The maximum atomic E-state index is 6.31. The lowest BCUT2D eigenvalue weighted by atomic mass is 9.87. The summed E-state index contributed by atoms with van der Waals surface area (Å²) in [7, 11) is 0. The molecule has 0 aliphatic carbocycles. The lowest BCUT2D eigenvalue weighted by Gasteiger charge is -2.39. The van der Waals surface area contributed by atoms with E-state index in [9.17, 15) is 0 Å². The van der Waals surface area contributed by atoms with Crippen molar-refractivity contribution in [2.75, 3.05) is 19.7 Å². The summed E-state index contributed by atoms with van der Waals surface area (Å²) in [5.74, 6) is 1.02. The van der Waals surface area contributed by atoms with Gasteiger partial charge in [0, 0.05) is 31.6 Å². The molecule has 0 bridgehead atoms. The molecule has 1 spiro atoms. The molecule has 2 aliphatic heterocycles. The molecular weight excluding hydrogens is 238 g/mol. The molecule has 3 nitrogen and oxygen atoms in total. The Morgan fingerprint density at radius 1 is 1.42 bits per heavy atom. The van der Waals surface area contributed by atoms with Crippen LogP contribution in [-0.4, -0.2) is 25.3 Å². The Morgan fingerprint density at radius 3 is 3.00 bits per heavy atom. The van der Waals surface area contributed by atoms with Crippen molar-refractivity contribution in [3.63, 3.8) is 0 Å². The molecule has 2 heterocycles. The molecule has 1 fully saturated rings. The Morgan fingerprint density at radius 2 is 2.32 bits per heavy atom. The van der Waals surface area contributed by atoms with Crippen molar-refractivity contribution >= 4 is 0 Å². The first-order chi connectivity index (χ1) is 9.26. The van der Waals surface area contributed by atoms with E-state index in [4.69, 9.17) is 9.47 Å². The largest absolute Gasteiger partial charge is 0.485 e. The molecule has 2 aliphatic rings. The first-order valence-corrected chi connectivity index (χ1v) is 7.40. The van der Waals surface area contributed by atoms with Gasteiger partial charge in [-0.05, 0) is 37.6 Å². The van der Waals surface area contributed by atoms with Crippen LogP contribution in [0.25, 0.3) is 0 Å². The second-order valence-electron chi connectivity index (χ2n) is 5.59. The molecule has 1 aromatic rings. The Balaban J connectivity index is 1.96. The Kier molecular flexibility index (Phi) is 3.50. The summed E-state index contributed by atoms with van der Waals surface area (Å²) in [4.78, 5) is 0. The van der Waals surface area contributed by atoms with Crippen LogP contribution in [0, 0.1) is 0 Å². The van der Waals surface area contributed by atoms with E-state index in [1.807, 2.05) is 0 Å². The van der Waals surface area contributed by atoms with Crippen LogP contribution in [0.3, 0.4) is 0 Å². The fourth-order valence-corrected chi connectivity index (χ4v) is 3.22. The van der Waals surface area contributed by atoms with Crippen molar-refractivity contribution in [2.24, 2.45) is 0 Å². The van der Waals surface area contributed by atoms with Crippen LogP contribution in [0.15, 0.2) is 18.2 Å². The maximum Gasteiger partial charge on any atom is 0.126 e. The number of aryl methyl sites for hydroxylation is 1. The molecule has 0 saturated carbocycles. The van der Waals surface area contributed by atoms with E-state index in [0.29, 0.717) is 0 Å². The summed E-state index contributed by atoms with van der Waals surface area (Å²) in [5, 5.41) is 3.42. The third-order valence-corrected chi connectivity index (χ3v) is 4.29. The minimum absolute atomic E-state index is 0.0550. The number of hydrogen-bond acceptors (Lipinski definition) is 3. The van der Waals surface area contributed by atoms with Crippen LogP contribution in [-0.2, 0) is 11.2 Å². The van der Waals surface area contributed by atoms with Crippen molar-refractivity contribution in [1.29, 1.82) is 0 Å². The fourth-order valence-electron chi connectivity index (χ4n) is 3.22. The minimum atomic E-state index is -0.0550. The van der Waals surface area contributed by atoms with Crippen molar-refractivity contribution in [3.8, 4) is 5.75 Å². The van der Waals surface area contributed by atoms with E-state index in [0.717, 1.165) is 44.7 Å². The van der Waals surface area contributed by atoms with Crippen LogP contribution in [0.4, 0.5) is 0 Å². The van der Waals surface area contributed by atoms with E-state index in [-0.39, 0.29) is 11.7 Å². The second-order valence-corrected chi connectivity index (χ2v) is 5.59. The average Bonchev–Trinajstić information content (AvgIpc) is 2.86. The van der Waals surface area contributed by atoms with Gasteiger partial charge >= 0.3 is 0 Å². The van der Waals surface area contributed by atoms with E-state index >= 15 is 0 Å². The van der Waals surface area contributed by atoms with Gasteiger partial charge in [0.15, 0.2) is 0 Å². The highest BCUT2D eigenvalue weighted by Crippen LogP contribution is 2.44. The van der Waals surface area contributed by atoms with Gasteiger partial charge in [0.2, 0.25) is 0 Å². The Bertz CT molecular complexity index is 452. The standard InChI is InChI=1S/C16H23NO2/c1-3-12-5-6-14-13(9-12)15(18-4-2)10-16(19-14)7-8-17-11-16/h5-6,9,15,17H,3-4,7-8,10-11H2,1-2H3. The molecule has 0 aromatic heterocycles. The predicted molar refractivity (Wildman–Crippen MR) is 75.6 cm³/mol. The zero-order valence-electron chi connectivity index (χ0n) is 11.9. The molecule has 3 rings (SSSR count). The average molecular weight is 261 g/mol. The SMILES string of the molecule is CCOC1CC2(CCNC2)Oc2ccc(CC)cc21. The van der Waals surface area contributed by atoms with Gasteiger partial charge in [-0.25, -0.2) is 0 Å². The summed E-state index contributed by atoms with van der Waals surface area (Å²) in [6, 6.07) is 6.55. The van der Waals surface area contributed by atoms with Gasteiger partial charge in [-0.2, -0.15) is 0 Å². The van der Waals surface area contributed by atoms with Gasteiger partial charge < -0.3 is 14.8 Å². The van der Waals surface area contributed by atoms with Crippen LogP contribution in [0.5, 0.6) is 5.75 Å². The van der Waals surface area contributed by atoms with Crippen LogP contribution < -0.4 is 10.1 Å². The molecule has 19 heavy (non-hydrogen) atoms. The summed E-state index contributed by atoms with van der Waals surface area (Å²) in [5.41, 5.74) is 2.53. The molecule has 0 amide bonds. The van der Waals surface area contributed by atoms with Crippen LogP contribution in [0.1, 0.15) is 43.9 Å². The smallest absolute Gasteiger partial charge is 0.126 e. The third-order valence-electron chi connectivity index (χ3n) is 4.29. The first-order valence-electron chi connectivity index (χ1n) is 7.40. The summed E-state index contributed by atoms with van der Waals surface area (Å²) >= 11 is 0.